The SMILES string of the molecule is CS(=O)(=O)c1snc2cc(S(=O)(=O)O)ccc12. The van der Waals surface area contributed by atoms with E-state index in [1.807, 2.05) is 0 Å². The van der Waals surface area contributed by atoms with Gasteiger partial charge in [0.05, 0.1) is 10.4 Å². The number of nitrogens with zero attached hydrogens (tertiary/aromatic N) is 1. The van der Waals surface area contributed by atoms with Crippen molar-refractivity contribution >= 4 is 42.4 Å². The Bertz CT molecular complexity index is 788. The van der Waals surface area contributed by atoms with Crippen molar-refractivity contribution in [3.63, 3.8) is 0 Å². The Morgan fingerprint density at radius 1 is 1.24 bits per heavy atom. The number of benzene rings is 1. The summed E-state index contributed by atoms with van der Waals surface area (Å²) in [5.74, 6) is 0. The lowest BCUT2D eigenvalue weighted by molar-refractivity contribution is 0.483. The fraction of sp³-hybridized carbons (Fsp3) is 0.125. The highest BCUT2D eigenvalue weighted by Crippen LogP contribution is 2.28. The average Bonchev–Trinajstić information content (AvgIpc) is 2.57. The number of hydrogen-bond donors (Lipinski definition) is 1. The third-order valence-corrected chi connectivity index (χ3v) is 5.60. The molecule has 9 heteroatoms. The molecule has 0 saturated carbocycles. The minimum absolute atomic E-state index is 0.0781. The second kappa shape index (κ2) is 3.73. The Balaban J connectivity index is 2.77. The molecule has 0 aliphatic carbocycles. The minimum atomic E-state index is -4.31. The normalized spacial score (nSPS) is 13.1. The first-order chi connectivity index (χ1) is 7.69. The lowest BCUT2D eigenvalue weighted by Gasteiger charge is -1.97. The molecule has 0 bridgehead atoms. The van der Waals surface area contributed by atoms with Crippen molar-refractivity contribution in [2.75, 3.05) is 6.26 Å². The summed E-state index contributed by atoms with van der Waals surface area (Å²) >= 11 is 0.775. The maximum atomic E-state index is 11.4. The van der Waals surface area contributed by atoms with Gasteiger partial charge in [0.1, 0.15) is 4.21 Å². The highest BCUT2D eigenvalue weighted by Gasteiger charge is 2.18. The summed E-state index contributed by atoms with van der Waals surface area (Å²) in [5, 5.41) is 0.352. The molecule has 0 aliphatic rings. The van der Waals surface area contributed by atoms with Gasteiger partial charge < -0.3 is 0 Å². The Morgan fingerprint density at radius 2 is 1.88 bits per heavy atom. The van der Waals surface area contributed by atoms with E-state index in [1.54, 1.807) is 0 Å². The Labute approximate surface area is 102 Å². The number of fused-ring (bicyclic) bond motifs is 1. The maximum Gasteiger partial charge on any atom is 0.294 e. The third kappa shape index (κ3) is 2.32. The molecule has 0 amide bonds. The monoisotopic (exact) mass is 293 g/mol. The molecule has 92 valence electrons. The van der Waals surface area contributed by atoms with Gasteiger partial charge in [-0.1, -0.05) is 0 Å². The van der Waals surface area contributed by atoms with Crippen LogP contribution < -0.4 is 0 Å². The summed E-state index contributed by atoms with van der Waals surface area (Å²) in [6, 6.07) is 3.59. The van der Waals surface area contributed by atoms with Gasteiger partial charge in [-0.15, -0.1) is 0 Å². The van der Waals surface area contributed by atoms with Crippen molar-refractivity contribution in [2.24, 2.45) is 0 Å². The Hall–Kier alpha value is -1.03. The molecule has 1 aromatic carbocycles. The standard InChI is InChI=1S/C8H7NO5S3/c1-16(10,11)8-6-3-2-5(17(12,13)14)4-7(6)9-15-8/h2-4H,1H3,(H,12,13,14). The largest absolute Gasteiger partial charge is 0.294 e. The molecule has 1 N–H and O–H groups in total. The van der Waals surface area contributed by atoms with Crippen molar-refractivity contribution in [3.8, 4) is 0 Å². The third-order valence-electron chi connectivity index (χ3n) is 2.05. The molecule has 1 aromatic heterocycles. The molecule has 0 spiro atoms. The lowest BCUT2D eigenvalue weighted by Crippen LogP contribution is -1.98. The fourth-order valence-electron chi connectivity index (χ4n) is 1.33. The van der Waals surface area contributed by atoms with E-state index < -0.39 is 20.0 Å². The van der Waals surface area contributed by atoms with Gasteiger partial charge >= 0.3 is 0 Å². The lowest BCUT2D eigenvalue weighted by atomic mass is 10.3. The first kappa shape index (κ1) is 12.4. The van der Waals surface area contributed by atoms with Crippen LogP contribution in [0.5, 0.6) is 0 Å². The van der Waals surface area contributed by atoms with Crippen LogP contribution in [0.4, 0.5) is 0 Å². The van der Waals surface area contributed by atoms with E-state index in [0.29, 0.717) is 5.39 Å². The van der Waals surface area contributed by atoms with E-state index in [1.165, 1.54) is 6.07 Å². The molecule has 0 fully saturated rings. The van der Waals surface area contributed by atoms with Crippen molar-refractivity contribution < 1.29 is 21.4 Å². The molecule has 17 heavy (non-hydrogen) atoms. The van der Waals surface area contributed by atoms with E-state index >= 15 is 0 Å². The first-order valence-electron chi connectivity index (χ1n) is 4.26. The fourth-order valence-corrected chi connectivity index (χ4v) is 3.66. The van der Waals surface area contributed by atoms with E-state index in [2.05, 4.69) is 4.37 Å². The van der Waals surface area contributed by atoms with Gasteiger partial charge in [-0.25, -0.2) is 8.42 Å². The molecular formula is C8H7NO5S3. The zero-order valence-electron chi connectivity index (χ0n) is 8.48. The first-order valence-corrected chi connectivity index (χ1v) is 8.37. The summed E-state index contributed by atoms with van der Waals surface area (Å²) in [6.45, 7) is 0. The van der Waals surface area contributed by atoms with Gasteiger partial charge in [0, 0.05) is 11.6 Å². The summed E-state index contributed by atoms with van der Waals surface area (Å²) in [5.41, 5.74) is 0.227. The van der Waals surface area contributed by atoms with Gasteiger partial charge in [0.25, 0.3) is 10.1 Å². The van der Waals surface area contributed by atoms with E-state index in [-0.39, 0.29) is 14.6 Å². The zero-order valence-corrected chi connectivity index (χ0v) is 10.9. The second-order valence-corrected chi connectivity index (χ2v) is 7.80. The average molecular weight is 293 g/mol. The molecule has 2 rings (SSSR count). The van der Waals surface area contributed by atoms with Crippen LogP contribution in [0.2, 0.25) is 0 Å². The molecule has 0 atom stereocenters. The smallest absolute Gasteiger partial charge is 0.282 e. The van der Waals surface area contributed by atoms with Crippen molar-refractivity contribution in [3.05, 3.63) is 18.2 Å². The van der Waals surface area contributed by atoms with Crippen molar-refractivity contribution in [1.29, 1.82) is 0 Å². The molecule has 0 unspecified atom stereocenters. The predicted molar refractivity (Wildman–Crippen MR) is 62.5 cm³/mol. The van der Waals surface area contributed by atoms with Gasteiger partial charge in [0.15, 0.2) is 9.84 Å². The van der Waals surface area contributed by atoms with Gasteiger partial charge in [0.2, 0.25) is 0 Å². The van der Waals surface area contributed by atoms with Crippen LogP contribution in [-0.4, -0.2) is 32.0 Å². The van der Waals surface area contributed by atoms with Gasteiger partial charge in [-0.2, -0.15) is 12.8 Å². The van der Waals surface area contributed by atoms with Crippen molar-refractivity contribution in [2.45, 2.75) is 9.10 Å². The summed E-state index contributed by atoms with van der Waals surface area (Å²) in [6.07, 6.45) is 1.05. The van der Waals surface area contributed by atoms with E-state index in [4.69, 9.17) is 4.55 Å². The van der Waals surface area contributed by atoms with Crippen molar-refractivity contribution in [1.82, 2.24) is 4.37 Å². The highest BCUT2D eigenvalue weighted by molar-refractivity contribution is 7.93. The summed E-state index contributed by atoms with van der Waals surface area (Å²) in [7, 11) is -7.70. The quantitative estimate of drug-likeness (QED) is 0.827. The summed E-state index contributed by atoms with van der Waals surface area (Å²) in [4.78, 5) is -0.310. The summed E-state index contributed by atoms with van der Waals surface area (Å²) < 4.78 is 57.3. The molecule has 1 heterocycles. The van der Waals surface area contributed by atoms with Crippen LogP contribution in [0.15, 0.2) is 27.3 Å². The zero-order chi connectivity index (χ0) is 12.8. The van der Waals surface area contributed by atoms with Gasteiger partial charge in [-0.05, 0) is 29.7 Å². The number of aromatic nitrogens is 1. The highest BCUT2D eigenvalue weighted by atomic mass is 32.2. The second-order valence-electron chi connectivity index (χ2n) is 3.40. The molecule has 0 aliphatic heterocycles. The molecule has 2 aromatic rings. The Morgan fingerprint density at radius 3 is 2.41 bits per heavy atom. The van der Waals surface area contributed by atoms with Gasteiger partial charge in [-0.3, -0.25) is 4.55 Å². The maximum absolute atomic E-state index is 11.4. The van der Waals surface area contributed by atoms with Crippen LogP contribution in [0, 0.1) is 0 Å². The molecular weight excluding hydrogens is 286 g/mol. The Kier molecular flexibility index (Phi) is 2.73. The molecule has 6 nitrogen and oxygen atoms in total. The minimum Gasteiger partial charge on any atom is -0.282 e. The number of hydrogen-bond acceptors (Lipinski definition) is 6. The van der Waals surface area contributed by atoms with Crippen LogP contribution in [0.1, 0.15) is 0 Å². The topological polar surface area (TPSA) is 101 Å². The van der Waals surface area contributed by atoms with Crippen LogP contribution in [0.25, 0.3) is 10.9 Å². The van der Waals surface area contributed by atoms with Crippen LogP contribution in [0.3, 0.4) is 0 Å². The van der Waals surface area contributed by atoms with Crippen LogP contribution in [-0.2, 0) is 20.0 Å². The number of sulfone groups is 1. The van der Waals surface area contributed by atoms with Crippen LogP contribution >= 0.6 is 11.5 Å². The molecule has 0 saturated heterocycles. The molecule has 0 radical (unpaired) electrons. The number of rotatable bonds is 2. The van der Waals surface area contributed by atoms with E-state index in [0.717, 1.165) is 29.9 Å². The van der Waals surface area contributed by atoms with E-state index in [9.17, 15) is 16.8 Å². The predicted octanol–water partition coefficient (Wildman–Crippen LogP) is 0.947.